The molecule has 1 N–H and O–H groups in total. The number of aromatic nitrogens is 2. The van der Waals surface area contributed by atoms with Crippen LogP contribution in [0.3, 0.4) is 0 Å². The average molecular weight is 291 g/mol. The van der Waals surface area contributed by atoms with Gasteiger partial charge in [0.1, 0.15) is 28.8 Å². The number of carbonyl (C=O) groups excluding carboxylic acids is 1. The lowest BCUT2D eigenvalue weighted by atomic mass is 10.3. The standard InChI is InChI=1S/C14H8F3N3O/c15-8-1-3-10(17)11(5-8)19-14(21)12-7-20-6-9(16)2-4-13(20)18-12/h1-7H,(H,19,21). The molecule has 2 aromatic heterocycles. The minimum Gasteiger partial charge on any atom is -0.318 e. The Bertz CT molecular complexity index is 845. The molecule has 3 aromatic rings. The summed E-state index contributed by atoms with van der Waals surface area (Å²) in [4.78, 5) is 15.9. The van der Waals surface area contributed by atoms with Crippen molar-refractivity contribution in [3.63, 3.8) is 0 Å². The first kappa shape index (κ1) is 13.2. The van der Waals surface area contributed by atoms with Gasteiger partial charge in [-0.15, -0.1) is 0 Å². The van der Waals surface area contributed by atoms with E-state index in [9.17, 15) is 18.0 Å². The molecule has 0 aliphatic carbocycles. The summed E-state index contributed by atoms with van der Waals surface area (Å²) in [6.07, 6.45) is 2.45. The third-order valence-electron chi connectivity index (χ3n) is 2.82. The molecule has 0 aliphatic rings. The van der Waals surface area contributed by atoms with E-state index in [1.54, 1.807) is 0 Å². The molecule has 106 valence electrons. The summed E-state index contributed by atoms with van der Waals surface area (Å²) >= 11 is 0. The van der Waals surface area contributed by atoms with E-state index in [1.807, 2.05) is 0 Å². The van der Waals surface area contributed by atoms with E-state index in [1.165, 1.54) is 22.7 Å². The average Bonchev–Trinajstić information content (AvgIpc) is 2.86. The number of amides is 1. The Hall–Kier alpha value is -2.83. The minimum atomic E-state index is -0.764. The third-order valence-corrected chi connectivity index (χ3v) is 2.82. The Kier molecular flexibility index (Phi) is 3.09. The predicted octanol–water partition coefficient (Wildman–Crippen LogP) is 3.00. The van der Waals surface area contributed by atoms with E-state index in [0.29, 0.717) is 5.65 Å². The molecule has 0 saturated heterocycles. The number of pyridine rings is 1. The van der Waals surface area contributed by atoms with Crippen LogP contribution < -0.4 is 5.32 Å². The number of imidazole rings is 1. The van der Waals surface area contributed by atoms with Gasteiger partial charge in [-0.1, -0.05) is 0 Å². The normalized spacial score (nSPS) is 10.8. The molecule has 0 fully saturated rings. The van der Waals surface area contributed by atoms with Crippen LogP contribution in [0.2, 0.25) is 0 Å². The summed E-state index contributed by atoms with van der Waals surface area (Å²) in [6.45, 7) is 0. The maximum atomic E-state index is 13.4. The molecule has 21 heavy (non-hydrogen) atoms. The monoisotopic (exact) mass is 291 g/mol. The van der Waals surface area contributed by atoms with Gasteiger partial charge in [-0.3, -0.25) is 4.79 Å². The van der Waals surface area contributed by atoms with Gasteiger partial charge in [-0.05, 0) is 24.3 Å². The maximum Gasteiger partial charge on any atom is 0.275 e. The summed E-state index contributed by atoms with van der Waals surface area (Å²) < 4.78 is 40.9. The molecule has 0 atom stereocenters. The lowest BCUT2D eigenvalue weighted by Gasteiger charge is -2.04. The number of nitrogens with one attached hydrogen (secondary N) is 1. The number of benzene rings is 1. The summed E-state index contributed by atoms with van der Waals surface area (Å²) in [6, 6.07) is 5.32. The summed E-state index contributed by atoms with van der Waals surface area (Å²) in [5.74, 6) is -2.64. The van der Waals surface area contributed by atoms with Crippen molar-refractivity contribution >= 4 is 17.2 Å². The lowest BCUT2D eigenvalue weighted by molar-refractivity contribution is 0.102. The highest BCUT2D eigenvalue weighted by Crippen LogP contribution is 2.16. The number of nitrogens with zero attached hydrogens (tertiary/aromatic N) is 2. The van der Waals surface area contributed by atoms with E-state index in [4.69, 9.17) is 0 Å². The summed E-state index contributed by atoms with van der Waals surface area (Å²) in [7, 11) is 0. The zero-order valence-corrected chi connectivity index (χ0v) is 10.5. The molecular formula is C14H8F3N3O. The number of hydrogen-bond acceptors (Lipinski definition) is 2. The van der Waals surface area contributed by atoms with Crippen LogP contribution in [0.15, 0.2) is 42.7 Å². The molecule has 1 aromatic carbocycles. The molecule has 3 rings (SSSR count). The second-order valence-corrected chi connectivity index (χ2v) is 4.32. The maximum absolute atomic E-state index is 13.4. The van der Waals surface area contributed by atoms with Crippen molar-refractivity contribution in [1.82, 2.24) is 9.38 Å². The van der Waals surface area contributed by atoms with Crippen molar-refractivity contribution < 1.29 is 18.0 Å². The minimum absolute atomic E-state index is 0.0377. The van der Waals surface area contributed by atoms with Crippen LogP contribution in [0.1, 0.15) is 10.5 Å². The van der Waals surface area contributed by atoms with Crippen molar-refractivity contribution in [2.45, 2.75) is 0 Å². The topological polar surface area (TPSA) is 46.4 Å². The molecule has 4 nitrogen and oxygen atoms in total. The first-order valence-electron chi connectivity index (χ1n) is 5.93. The molecule has 0 bridgehead atoms. The van der Waals surface area contributed by atoms with Crippen LogP contribution in [-0.2, 0) is 0 Å². The van der Waals surface area contributed by atoms with Gasteiger partial charge in [0.05, 0.1) is 5.69 Å². The highest BCUT2D eigenvalue weighted by Gasteiger charge is 2.14. The van der Waals surface area contributed by atoms with Gasteiger partial charge in [-0.25, -0.2) is 18.2 Å². The number of anilines is 1. The molecule has 0 saturated carbocycles. The van der Waals surface area contributed by atoms with Crippen molar-refractivity contribution in [2.24, 2.45) is 0 Å². The highest BCUT2D eigenvalue weighted by molar-refractivity contribution is 6.03. The smallest absolute Gasteiger partial charge is 0.275 e. The predicted molar refractivity (Wildman–Crippen MR) is 69.5 cm³/mol. The van der Waals surface area contributed by atoms with Gasteiger partial charge in [0, 0.05) is 18.5 Å². The van der Waals surface area contributed by atoms with Gasteiger partial charge in [0.25, 0.3) is 5.91 Å². The third kappa shape index (κ3) is 2.58. The molecule has 0 spiro atoms. The quantitative estimate of drug-likeness (QED) is 0.789. The van der Waals surface area contributed by atoms with Crippen LogP contribution in [-0.4, -0.2) is 15.3 Å². The number of fused-ring (bicyclic) bond motifs is 1. The van der Waals surface area contributed by atoms with E-state index < -0.39 is 23.4 Å². The first-order valence-corrected chi connectivity index (χ1v) is 5.93. The molecular weight excluding hydrogens is 283 g/mol. The molecule has 1 amide bonds. The Balaban J connectivity index is 1.91. The van der Waals surface area contributed by atoms with Crippen molar-refractivity contribution in [3.05, 3.63) is 65.9 Å². The SMILES string of the molecule is O=C(Nc1cc(F)ccc1F)c1cn2cc(F)ccc2n1. The summed E-state index contributed by atoms with van der Waals surface area (Å²) in [5.41, 5.74) is 0.0359. The van der Waals surface area contributed by atoms with E-state index in [2.05, 4.69) is 10.3 Å². The number of halogens is 3. The fourth-order valence-electron chi connectivity index (χ4n) is 1.85. The Labute approximate surface area is 116 Å². The molecule has 0 aliphatic heterocycles. The number of rotatable bonds is 2. The molecule has 0 unspecified atom stereocenters. The van der Waals surface area contributed by atoms with Gasteiger partial charge in [-0.2, -0.15) is 0 Å². The van der Waals surface area contributed by atoms with Crippen molar-refractivity contribution in [3.8, 4) is 0 Å². The van der Waals surface area contributed by atoms with Crippen molar-refractivity contribution in [2.75, 3.05) is 5.32 Å². The van der Waals surface area contributed by atoms with Crippen LogP contribution in [0.5, 0.6) is 0 Å². The highest BCUT2D eigenvalue weighted by atomic mass is 19.1. The lowest BCUT2D eigenvalue weighted by Crippen LogP contribution is -2.13. The molecule has 2 heterocycles. The Morgan fingerprint density at radius 2 is 1.81 bits per heavy atom. The fourth-order valence-corrected chi connectivity index (χ4v) is 1.85. The van der Waals surface area contributed by atoms with Gasteiger partial charge in [0.2, 0.25) is 0 Å². The number of hydrogen-bond donors (Lipinski definition) is 1. The molecule has 7 heteroatoms. The van der Waals surface area contributed by atoms with Gasteiger partial charge in [0.15, 0.2) is 0 Å². The van der Waals surface area contributed by atoms with Gasteiger partial charge >= 0.3 is 0 Å². The van der Waals surface area contributed by atoms with E-state index in [0.717, 1.165) is 24.4 Å². The fraction of sp³-hybridized carbons (Fsp3) is 0. The second kappa shape index (κ2) is 4.93. The van der Waals surface area contributed by atoms with E-state index in [-0.39, 0.29) is 11.4 Å². The van der Waals surface area contributed by atoms with Crippen molar-refractivity contribution in [1.29, 1.82) is 0 Å². The van der Waals surface area contributed by atoms with E-state index >= 15 is 0 Å². The Morgan fingerprint density at radius 1 is 1.05 bits per heavy atom. The Morgan fingerprint density at radius 3 is 2.62 bits per heavy atom. The van der Waals surface area contributed by atoms with Crippen LogP contribution >= 0.6 is 0 Å². The van der Waals surface area contributed by atoms with Crippen LogP contribution in [0, 0.1) is 17.5 Å². The zero-order chi connectivity index (χ0) is 15.0. The zero-order valence-electron chi connectivity index (χ0n) is 10.5. The first-order chi connectivity index (χ1) is 10.0. The largest absolute Gasteiger partial charge is 0.318 e. The number of carbonyl (C=O) groups is 1. The summed E-state index contributed by atoms with van der Waals surface area (Å²) in [5, 5.41) is 2.22. The molecule has 0 radical (unpaired) electrons. The van der Waals surface area contributed by atoms with Crippen LogP contribution in [0.25, 0.3) is 5.65 Å². The second-order valence-electron chi connectivity index (χ2n) is 4.32. The van der Waals surface area contributed by atoms with Crippen LogP contribution in [0.4, 0.5) is 18.9 Å². The van der Waals surface area contributed by atoms with Gasteiger partial charge < -0.3 is 9.72 Å².